The largest absolute Gasteiger partial charge is 0.495 e. The van der Waals surface area contributed by atoms with Crippen LogP contribution in [-0.2, 0) is 16.0 Å². The van der Waals surface area contributed by atoms with E-state index in [0.717, 1.165) is 5.56 Å². The van der Waals surface area contributed by atoms with Crippen LogP contribution >= 0.6 is 11.6 Å². The van der Waals surface area contributed by atoms with Crippen molar-refractivity contribution in [3.63, 3.8) is 0 Å². The summed E-state index contributed by atoms with van der Waals surface area (Å²) in [7, 11) is 3.09. The lowest BCUT2D eigenvalue weighted by molar-refractivity contribution is -0.130. The van der Waals surface area contributed by atoms with E-state index < -0.39 is 0 Å². The second-order valence-electron chi connectivity index (χ2n) is 5.61. The lowest BCUT2D eigenvalue weighted by Gasteiger charge is -2.16. The van der Waals surface area contributed by atoms with Crippen molar-refractivity contribution in [2.45, 2.75) is 6.42 Å². The van der Waals surface area contributed by atoms with E-state index in [1.54, 1.807) is 30.1 Å². The predicted octanol–water partition coefficient (Wildman–Crippen LogP) is 0.704. The topological polar surface area (TPSA) is 78.9 Å². The lowest BCUT2D eigenvalue weighted by atomic mass is 9.96. The molecule has 2 N–H and O–H groups in total. The fraction of sp³-hybridized carbons (Fsp3) is 0.500. The van der Waals surface area contributed by atoms with Crippen molar-refractivity contribution in [1.29, 1.82) is 0 Å². The molecule has 0 saturated carbocycles. The molecule has 126 valence electrons. The van der Waals surface area contributed by atoms with Crippen molar-refractivity contribution in [1.82, 2.24) is 10.2 Å². The van der Waals surface area contributed by atoms with Crippen LogP contribution in [0.2, 0.25) is 5.02 Å². The van der Waals surface area contributed by atoms with Crippen LogP contribution in [0.3, 0.4) is 0 Å². The lowest BCUT2D eigenvalue weighted by Crippen LogP contribution is -2.34. The van der Waals surface area contributed by atoms with E-state index in [1.807, 2.05) is 0 Å². The maximum absolute atomic E-state index is 12.4. The first-order chi connectivity index (χ1) is 11.0. The molecule has 2 amide bonds. The maximum Gasteiger partial charge on any atom is 0.227 e. The molecule has 0 aromatic heterocycles. The number of likely N-dealkylation sites (tertiary alicyclic amines) is 1. The predicted molar refractivity (Wildman–Crippen MR) is 86.4 cm³/mol. The molecular formula is C16H21ClN2O4. The summed E-state index contributed by atoms with van der Waals surface area (Å²) in [5, 5.41) is 12.5. The number of hydrogen-bond donors (Lipinski definition) is 2. The highest BCUT2D eigenvalue weighted by molar-refractivity contribution is 6.32. The van der Waals surface area contributed by atoms with E-state index in [2.05, 4.69) is 5.32 Å². The Kier molecular flexibility index (Phi) is 5.85. The number of benzene rings is 1. The van der Waals surface area contributed by atoms with Crippen LogP contribution in [-0.4, -0.2) is 55.7 Å². The minimum absolute atomic E-state index is 0.0870. The van der Waals surface area contributed by atoms with Gasteiger partial charge in [0, 0.05) is 32.7 Å². The third-order valence-corrected chi connectivity index (χ3v) is 4.48. The minimum atomic E-state index is -0.367. The average molecular weight is 341 g/mol. The molecule has 1 aromatic rings. The fourth-order valence-corrected chi connectivity index (χ4v) is 3.13. The standard InChI is InChI=1S/C16H21ClN2O4/c1-18-16(22)12-8-19(7-11(12)9-20)15(21)6-10-3-4-14(23-2)13(17)5-10/h3-5,11-12,20H,6-9H2,1-2H3,(H,18,22)/t11-,12+/m0/s1. The number of carbonyl (C=O) groups excluding carboxylic acids is 2. The number of nitrogens with zero attached hydrogens (tertiary/aromatic N) is 1. The Balaban J connectivity index is 2.04. The van der Waals surface area contributed by atoms with Crippen molar-refractivity contribution in [3.05, 3.63) is 28.8 Å². The number of carbonyl (C=O) groups is 2. The van der Waals surface area contributed by atoms with Gasteiger partial charge in [-0.25, -0.2) is 0 Å². The van der Waals surface area contributed by atoms with Gasteiger partial charge in [-0.2, -0.15) is 0 Å². The molecule has 0 radical (unpaired) electrons. The maximum atomic E-state index is 12.4. The number of aliphatic hydroxyl groups excluding tert-OH is 1. The van der Waals surface area contributed by atoms with Crippen molar-refractivity contribution in [2.24, 2.45) is 11.8 Å². The fourth-order valence-electron chi connectivity index (χ4n) is 2.85. The second-order valence-corrected chi connectivity index (χ2v) is 6.01. The van der Waals surface area contributed by atoms with Crippen LogP contribution < -0.4 is 10.1 Å². The third kappa shape index (κ3) is 3.95. The highest BCUT2D eigenvalue weighted by Crippen LogP contribution is 2.27. The number of halogens is 1. The highest BCUT2D eigenvalue weighted by atomic mass is 35.5. The van der Waals surface area contributed by atoms with Crippen molar-refractivity contribution < 1.29 is 19.4 Å². The van der Waals surface area contributed by atoms with Crippen LogP contribution in [0.1, 0.15) is 5.56 Å². The Bertz CT molecular complexity index is 593. The summed E-state index contributed by atoms with van der Waals surface area (Å²) in [5.41, 5.74) is 0.782. The molecule has 0 unspecified atom stereocenters. The molecule has 0 aliphatic carbocycles. The third-order valence-electron chi connectivity index (χ3n) is 4.18. The molecule has 1 aliphatic rings. The Morgan fingerprint density at radius 3 is 2.74 bits per heavy atom. The zero-order valence-corrected chi connectivity index (χ0v) is 14.0. The quantitative estimate of drug-likeness (QED) is 0.827. The van der Waals surface area contributed by atoms with Gasteiger partial charge < -0.3 is 20.1 Å². The van der Waals surface area contributed by atoms with E-state index >= 15 is 0 Å². The summed E-state index contributed by atoms with van der Waals surface area (Å²) in [6, 6.07) is 5.21. The van der Waals surface area contributed by atoms with Gasteiger partial charge in [-0.1, -0.05) is 17.7 Å². The summed E-state index contributed by atoms with van der Waals surface area (Å²) in [6.45, 7) is 0.598. The number of amides is 2. The number of ether oxygens (including phenoxy) is 1. The van der Waals surface area contributed by atoms with Crippen LogP contribution in [0.25, 0.3) is 0 Å². The minimum Gasteiger partial charge on any atom is -0.495 e. The van der Waals surface area contributed by atoms with Gasteiger partial charge in [0.25, 0.3) is 0 Å². The molecule has 1 aliphatic heterocycles. The zero-order chi connectivity index (χ0) is 17.0. The summed E-state index contributed by atoms with van der Waals surface area (Å²) >= 11 is 6.07. The van der Waals surface area contributed by atoms with Gasteiger partial charge in [0.15, 0.2) is 0 Å². The molecule has 1 saturated heterocycles. The smallest absolute Gasteiger partial charge is 0.227 e. The van der Waals surface area contributed by atoms with Crippen LogP contribution in [0.5, 0.6) is 5.75 Å². The molecule has 6 nitrogen and oxygen atoms in total. The first-order valence-corrected chi connectivity index (χ1v) is 7.80. The molecule has 1 fully saturated rings. The van der Waals surface area contributed by atoms with E-state index in [4.69, 9.17) is 16.3 Å². The second kappa shape index (κ2) is 7.66. The molecule has 2 rings (SSSR count). The number of nitrogens with one attached hydrogen (secondary N) is 1. The molecule has 1 heterocycles. The molecule has 7 heteroatoms. The van der Waals surface area contributed by atoms with E-state index in [-0.39, 0.29) is 36.7 Å². The number of hydrogen-bond acceptors (Lipinski definition) is 4. The van der Waals surface area contributed by atoms with Gasteiger partial charge >= 0.3 is 0 Å². The SMILES string of the molecule is CNC(=O)[C@@H]1CN(C(=O)Cc2ccc(OC)c(Cl)c2)C[C@H]1CO. The van der Waals surface area contributed by atoms with Gasteiger partial charge in [-0.05, 0) is 17.7 Å². The van der Waals surface area contributed by atoms with Crippen molar-refractivity contribution in [3.8, 4) is 5.75 Å². The van der Waals surface area contributed by atoms with Gasteiger partial charge in [0.1, 0.15) is 5.75 Å². The normalized spacial score (nSPS) is 20.4. The molecule has 1 aromatic carbocycles. The van der Waals surface area contributed by atoms with Crippen LogP contribution in [0, 0.1) is 11.8 Å². The Morgan fingerprint density at radius 1 is 1.43 bits per heavy atom. The van der Waals surface area contributed by atoms with Crippen LogP contribution in [0.15, 0.2) is 18.2 Å². The molecule has 0 bridgehead atoms. The molecule has 23 heavy (non-hydrogen) atoms. The Morgan fingerprint density at radius 2 is 2.17 bits per heavy atom. The summed E-state index contributed by atoms with van der Waals surface area (Å²) < 4.78 is 5.09. The summed E-state index contributed by atoms with van der Waals surface area (Å²) in [5.74, 6) is -0.265. The van der Waals surface area contributed by atoms with E-state index in [0.29, 0.717) is 23.9 Å². The van der Waals surface area contributed by atoms with Crippen molar-refractivity contribution >= 4 is 23.4 Å². The number of rotatable bonds is 5. The van der Waals surface area contributed by atoms with Gasteiger partial charge in [-0.3, -0.25) is 9.59 Å². The van der Waals surface area contributed by atoms with Crippen LogP contribution in [0.4, 0.5) is 0 Å². The summed E-state index contributed by atoms with van der Waals surface area (Å²) in [4.78, 5) is 25.9. The Labute approximate surface area is 140 Å². The first-order valence-electron chi connectivity index (χ1n) is 7.42. The molecule has 2 atom stereocenters. The van der Waals surface area contributed by atoms with Crippen molar-refractivity contribution in [2.75, 3.05) is 33.9 Å². The molecular weight excluding hydrogens is 320 g/mol. The van der Waals surface area contributed by atoms with Gasteiger partial charge in [0.05, 0.1) is 24.5 Å². The van der Waals surface area contributed by atoms with Gasteiger partial charge in [0.2, 0.25) is 11.8 Å². The van der Waals surface area contributed by atoms with Gasteiger partial charge in [-0.15, -0.1) is 0 Å². The number of methoxy groups -OCH3 is 1. The average Bonchev–Trinajstić information content (AvgIpc) is 2.98. The monoisotopic (exact) mass is 340 g/mol. The molecule has 0 spiro atoms. The zero-order valence-electron chi connectivity index (χ0n) is 13.2. The highest BCUT2D eigenvalue weighted by Gasteiger charge is 2.38. The summed E-state index contributed by atoms with van der Waals surface area (Å²) in [6.07, 6.45) is 0.197. The first kappa shape index (κ1) is 17.6. The number of aliphatic hydroxyl groups is 1. The van der Waals surface area contributed by atoms with E-state index in [1.165, 1.54) is 7.11 Å². The Hall–Kier alpha value is -1.79. The van der Waals surface area contributed by atoms with E-state index in [9.17, 15) is 14.7 Å².